The lowest BCUT2D eigenvalue weighted by atomic mass is 9.90. The van der Waals surface area contributed by atoms with E-state index in [1.54, 1.807) is 0 Å². The van der Waals surface area contributed by atoms with Crippen LogP contribution in [0.3, 0.4) is 0 Å². The normalized spacial score (nSPS) is 24.7. The van der Waals surface area contributed by atoms with Crippen LogP contribution >= 0.6 is 0 Å². The van der Waals surface area contributed by atoms with Gasteiger partial charge in [-0.1, -0.05) is 6.08 Å². The zero-order valence-electron chi connectivity index (χ0n) is 19.1. The number of ether oxygens (including phenoxy) is 1. The molecule has 4 heterocycles. The van der Waals surface area contributed by atoms with E-state index in [4.69, 9.17) is 9.72 Å². The number of aromatic amines is 1. The Balaban J connectivity index is 1.26. The van der Waals surface area contributed by atoms with Crippen molar-refractivity contribution >= 4 is 16.5 Å². The second-order valence-corrected chi connectivity index (χ2v) is 9.63. The summed E-state index contributed by atoms with van der Waals surface area (Å²) in [7, 11) is 0. The average Bonchev–Trinajstić information content (AvgIpc) is 3.22. The lowest BCUT2D eigenvalue weighted by Crippen LogP contribution is -2.52. The second-order valence-electron chi connectivity index (χ2n) is 9.63. The van der Waals surface area contributed by atoms with Gasteiger partial charge in [-0.15, -0.1) is 0 Å². The Labute approximate surface area is 186 Å². The van der Waals surface area contributed by atoms with Crippen molar-refractivity contribution in [2.75, 3.05) is 52.5 Å². The summed E-state index contributed by atoms with van der Waals surface area (Å²) in [6, 6.07) is 5.80. The van der Waals surface area contributed by atoms with Gasteiger partial charge < -0.3 is 9.72 Å². The number of H-pyrrole nitrogens is 1. The molecule has 0 saturated carbocycles. The molecule has 5 rings (SSSR count). The number of pyridine rings is 1. The summed E-state index contributed by atoms with van der Waals surface area (Å²) in [5.74, 6) is 0. The van der Waals surface area contributed by atoms with Crippen molar-refractivity contribution in [2.45, 2.75) is 51.7 Å². The lowest BCUT2D eigenvalue weighted by Gasteiger charge is -2.41. The Morgan fingerprint density at radius 1 is 1.13 bits per heavy atom. The third-order valence-corrected chi connectivity index (χ3v) is 7.38. The number of hydrogen-bond acceptors (Lipinski definition) is 5. The molecule has 2 aromatic rings. The molecule has 1 atom stereocenters. The van der Waals surface area contributed by atoms with Crippen LogP contribution in [0.1, 0.15) is 44.5 Å². The third-order valence-electron chi connectivity index (χ3n) is 7.38. The van der Waals surface area contributed by atoms with E-state index in [-0.39, 0.29) is 0 Å². The van der Waals surface area contributed by atoms with Crippen molar-refractivity contribution in [1.82, 2.24) is 24.7 Å². The molecule has 2 fully saturated rings. The van der Waals surface area contributed by atoms with Gasteiger partial charge in [-0.25, -0.2) is 0 Å². The van der Waals surface area contributed by atoms with Gasteiger partial charge in [0, 0.05) is 80.7 Å². The minimum absolute atomic E-state index is 0.668. The molecule has 6 nitrogen and oxygen atoms in total. The molecule has 31 heavy (non-hydrogen) atoms. The molecule has 168 valence electrons. The molecule has 0 aromatic carbocycles. The van der Waals surface area contributed by atoms with E-state index in [1.807, 2.05) is 6.20 Å². The van der Waals surface area contributed by atoms with Crippen LogP contribution < -0.4 is 0 Å². The first-order valence-corrected chi connectivity index (χ1v) is 12.1. The molecule has 0 spiro atoms. The molecular weight excluding hydrogens is 386 g/mol. The van der Waals surface area contributed by atoms with E-state index in [9.17, 15) is 0 Å². The minimum atomic E-state index is 0.668. The Hall–Kier alpha value is -1.73. The van der Waals surface area contributed by atoms with Crippen molar-refractivity contribution in [2.24, 2.45) is 0 Å². The number of hydrogen-bond donors (Lipinski definition) is 1. The van der Waals surface area contributed by atoms with Crippen LogP contribution in [0.25, 0.3) is 16.5 Å². The summed E-state index contributed by atoms with van der Waals surface area (Å²) >= 11 is 0. The summed E-state index contributed by atoms with van der Waals surface area (Å²) in [6.45, 7) is 14.1. The summed E-state index contributed by atoms with van der Waals surface area (Å²) in [5.41, 5.74) is 5.11. The number of nitrogens with one attached hydrogen (secondary N) is 1. The number of rotatable bonds is 5. The highest BCUT2D eigenvalue weighted by Gasteiger charge is 2.27. The number of allylic oxidation sites excluding steroid dienone is 1. The Kier molecular flexibility index (Phi) is 6.41. The standard InChI is InChI=1S/C25H37N5O/c1-19(2)29-9-11-30(12-10-29)22-5-3-20(4-6-22)25-23-17-21(27-24(23)7-8-26-25)18-28-13-15-31-16-14-28/h3,7-8,17,19,22,27H,4-6,9-16,18H2,1-2H3. The second kappa shape index (κ2) is 9.41. The predicted molar refractivity (Wildman–Crippen MR) is 126 cm³/mol. The predicted octanol–water partition coefficient (Wildman–Crippen LogP) is 3.36. The maximum absolute atomic E-state index is 5.49. The van der Waals surface area contributed by atoms with Crippen LogP contribution in [0.2, 0.25) is 0 Å². The fraction of sp³-hybridized carbons (Fsp3) is 0.640. The molecule has 2 aliphatic heterocycles. The number of aromatic nitrogens is 2. The summed E-state index contributed by atoms with van der Waals surface area (Å²) in [5, 5.41) is 1.28. The van der Waals surface area contributed by atoms with Crippen molar-refractivity contribution in [3.63, 3.8) is 0 Å². The zero-order chi connectivity index (χ0) is 21.2. The minimum Gasteiger partial charge on any atom is -0.379 e. The third kappa shape index (κ3) is 4.72. The maximum atomic E-state index is 5.49. The number of fused-ring (bicyclic) bond motifs is 1. The van der Waals surface area contributed by atoms with Gasteiger partial charge in [-0.05, 0) is 50.8 Å². The molecule has 1 aliphatic carbocycles. The highest BCUT2D eigenvalue weighted by Crippen LogP contribution is 2.33. The topological polar surface area (TPSA) is 47.6 Å². The molecule has 1 unspecified atom stereocenters. The first-order valence-electron chi connectivity index (χ1n) is 12.1. The van der Waals surface area contributed by atoms with E-state index in [0.29, 0.717) is 12.1 Å². The highest BCUT2D eigenvalue weighted by atomic mass is 16.5. The van der Waals surface area contributed by atoms with Gasteiger partial charge in [0.25, 0.3) is 0 Å². The van der Waals surface area contributed by atoms with Crippen LogP contribution in [0.4, 0.5) is 0 Å². The van der Waals surface area contributed by atoms with Gasteiger partial charge in [0.2, 0.25) is 0 Å². The first-order chi connectivity index (χ1) is 15.2. The largest absolute Gasteiger partial charge is 0.379 e. The lowest BCUT2D eigenvalue weighted by molar-refractivity contribution is 0.0337. The first kappa shape index (κ1) is 21.1. The van der Waals surface area contributed by atoms with Gasteiger partial charge in [0.05, 0.1) is 18.9 Å². The van der Waals surface area contributed by atoms with Crippen LogP contribution in [0.5, 0.6) is 0 Å². The summed E-state index contributed by atoms with van der Waals surface area (Å²) in [4.78, 5) is 16.2. The SMILES string of the molecule is CC(C)N1CCN(C2CC=C(c3nccc4[nH]c(CN5CCOCC5)cc34)CC2)CC1. The molecule has 0 radical (unpaired) electrons. The van der Waals surface area contributed by atoms with E-state index in [2.05, 4.69) is 51.7 Å². The van der Waals surface area contributed by atoms with Crippen molar-refractivity contribution < 1.29 is 4.74 Å². The molecule has 2 aromatic heterocycles. The van der Waals surface area contributed by atoms with Gasteiger partial charge in [-0.2, -0.15) is 0 Å². The van der Waals surface area contributed by atoms with Crippen LogP contribution in [-0.4, -0.2) is 89.2 Å². The number of morpholine rings is 1. The quantitative estimate of drug-likeness (QED) is 0.799. The highest BCUT2D eigenvalue weighted by molar-refractivity contribution is 5.91. The molecule has 3 aliphatic rings. The molecular formula is C25H37N5O. The van der Waals surface area contributed by atoms with Gasteiger partial charge >= 0.3 is 0 Å². The molecule has 0 amide bonds. The van der Waals surface area contributed by atoms with Crippen molar-refractivity contribution in [3.05, 3.63) is 35.8 Å². The van der Waals surface area contributed by atoms with Gasteiger partial charge in [0.15, 0.2) is 0 Å². The fourth-order valence-electron chi connectivity index (χ4n) is 5.44. The van der Waals surface area contributed by atoms with E-state index < -0.39 is 0 Å². The van der Waals surface area contributed by atoms with Crippen LogP contribution in [-0.2, 0) is 11.3 Å². The van der Waals surface area contributed by atoms with Gasteiger partial charge in [0.1, 0.15) is 0 Å². The molecule has 2 saturated heterocycles. The zero-order valence-corrected chi connectivity index (χ0v) is 19.1. The van der Waals surface area contributed by atoms with E-state index in [0.717, 1.165) is 45.7 Å². The molecule has 0 bridgehead atoms. The average molecular weight is 424 g/mol. The van der Waals surface area contributed by atoms with Gasteiger partial charge in [-0.3, -0.25) is 19.7 Å². The molecule has 1 N–H and O–H groups in total. The summed E-state index contributed by atoms with van der Waals surface area (Å²) < 4.78 is 5.49. The Morgan fingerprint density at radius 3 is 2.65 bits per heavy atom. The number of piperazine rings is 1. The van der Waals surface area contributed by atoms with Crippen LogP contribution in [0.15, 0.2) is 24.4 Å². The summed E-state index contributed by atoms with van der Waals surface area (Å²) in [6.07, 6.45) is 7.96. The maximum Gasteiger partial charge on any atom is 0.0752 e. The van der Waals surface area contributed by atoms with E-state index >= 15 is 0 Å². The van der Waals surface area contributed by atoms with Crippen LogP contribution in [0, 0.1) is 0 Å². The number of nitrogens with zero attached hydrogens (tertiary/aromatic N) is 4. The monoisotopic (exact) mass is 423 g/mol. The fourth-order valence-corrected chi connectivity index (χ4v) is 5.44. The van der Waals surface area contributed by atoms with E-state index in [1.165, 1.54) is 60.5 Å². The Bertz CT molecular complexity index is 906. The smallest absolute Gasteiger partial charge is 0.0752 e. The van der Waals surface area contributed by atoms with Crippen molar-refractivity contribution in [1.29, 1.82) is 0 Å². The molecule has 6 heteroatoms. The Morgan fingerprint density at radius 2 is 1.94 bits per heavy atom. The van der Waals surface area contributed by atoms with Crippen molar-refractivity contribution in [3.8, 4) is 0 Å².